The van der Waals surface area contributed by atoms with Crippen molar-refractivity contribution in [3.63, 3.8) is 0 Å². The van der Waals surface area contributed by atoms with Gasteiger partial charge in [-0.1, -0.05) is 0 Å². The molecule has 2 aromatic rings. The fourth-order valence-electron chi connectivity index (χ4n) is 2.19. The Balaban J connectivity index is 1.92. The third kappa shape index (κ3) is 4.34. The number of nitrogens with one attached hydrogen (secondary N) is 2. The molecule has 128 valence electrons. The summed E-state index contributed by atoms with van der Waals surface area (Å²) in [6, 6.07) is 3.25. The molecule has 1 aromatic carbocycles. The normalized spacial score (nSPS) is 10.5. The minimum absolute atomic E-state index is 0.00998. The van der Waals surface area contributed by atoms with Crippen LogP contribution in [0.3, 0.4) is 0 Å². The van der Waals surface area contributed by atoms with Gasteiger partial charge in [0.1, 0.15) is 5.58 Å². The van der Waals surface area contributed by atoms with E-state index in [4.69, 9.17) is 9.15 Å². The summed E-state index contributed by atoms with van der Waals surface area (Å²) >= 11 is 0. The quantitative estimate of drug-likeness (QED) is 0.816. The largest absolute Gasteiger partial charge is 0.464 e. The van der Waals surface area contributed by atoms with E-state index in [1.165, 1.54) is 6.26 Å². The molecule has 1 aromatic heterocycles. The molecule has 0 bridgehead atoms. The van der Waals surface area contributed by atoms with Gasteiger partial charge in [0.2, 0.25) is 0 Å². The van der Waals surface area contributed by atoms with Gasteiger partial charge >= 0.3 is 12.0 Å². The fourth-order valence-corrected chi connectivity index (χ4v) is 2.19. The molecule has 0 aliphatic rings. The summed E-state index contributed by atoms with van der Waals surface area (Å²) in [5, 5.41) is 5.31. The van der Waals surface area contributed by atoms with Gasteiger partial charge in [0, 0.05) is 17.5 Å². The van der Waals surface area contributed by atoms with Crippen LogP contribution in [0, 0.1) is 13.8 Å². The Kier molecular flexibility index (Phi) is 5.57. The van der Waals surface area contributed by atoms with Crippen LogP contribution in [0.15, 0.2) is 22.8 Å². The third-order valence-corrected chi connectivity index (χ3v) is 3.56. The van der Waals surface area contributed by atoms with Gasteiger partial charge in [-0.2, -0.15) is 0 Å². The molecule has 0 fully saturated rings. The van der Waals surface area contributed by atoms with Crippen molar-refractivity contribution in [1.29, 1.82) is 0 Å². The molecule has 2 N–H and O–H groups in total. The van der Waals surface area contributed by atoms with Gasteiger partial charge in [0.25, 0.3) is 5.91 Å². The minimum Gasteiger partial charge on any atom is -0.464 e. The van der Waals surface area contributed by atoms with Crippen molar-refractivity contribution in [1.82, 2.24) is 10.6 Å². The molecule has 3 amide bonds. The predicted molar refractivity (Wildman–Crippen MR) is 87.6 cm³/mol. The number of imide groups is 1. The molecule has 0 saturated heterocycles. The van der Waals surface area contributed by atoms with Gasteiger partial charge in [-0.25, -0.2) is 4.79 Å². The summed E-state index contributed by atoms with van der Waals surface area (Å²) in [4.78, 5) is 34.5. The molecule has 1 heterocycles. The molecule has 0 atom stereocenters. The maximum atomic E-state index is 11.9. The lowest BCUT2D eigenvalue weighted by Gasteiger charge is -2.06. The number of benzene rings is 1. The van der Waals surface area contributed by atoms with E-state index in [9.17, 15) is 14.4 Å². The number of aryl methyl sites for hydroxylation is 2. The van der Waals surface area contributed by atoms with Crippen LogP contribution in [0.4, 0.5) is 4.79 Å². The van der Waals surface area contributed by atoms with E-state index in [1.807, 2.05) is 26.0 Å². The summed E-state index contributed by atoms with van der Waals surface area (Å²) in [7, 11) is 0. The highest BCUT2D eigenvalue weighted by Gasteiger charge is 2.14. The maximum Gasteiger partial charge on any atom is 0.321 e. The number of hydrogen-bond donors (Lipinski definition) is 2. The van der Waals surface area contributed by atoms with Crippen molar-refractivity contribution in [2.45, 2.75) is 27.2 Å². The van der Waals surface area contributed by atoms with Crippen molar-refractivity contribution in [2.24, 2.45) is 0 Å². The zero-order chi connectivity index (χ0) is 17.7. The lowest BCUT2D eigenvalue weighted by molar-refractivity contribution is -0.147. The summed E-state index contributed by atoms with van der Waals surface area (Å²) in [6.07, 6.45) is 1.50. The third-order valence-electron chi connectivity index (χ3n) is 3.56. The summed E-state index contributed by atoms with van der Waals surface area (Å²) in [5.74, 6) is -1.25. The Bertz CT molecular complexity index is 779. The van der Waals surface area contributed by atoms with E-state index in [1.54, 1.807) is 6.92 Å². The first-order chi connectivity index (χ1) is 11.4. The number of ether oxygens (including phenoxy) is 1. The van der Waals surface area contributed by atoms with E-state index in [0.717, 1.165) is 16.5 Å². The molecular formula is C17H20N2O5. The number of carbonyl (C=O) groups is 3. The maximum absolute atomic E-state index is 11.9. The lowest BCUT2D eigenvalue weighted by atomic mass is 10.0. The van der Waals surface area contributed by atoms with Gasteiger partial charge in [-0.15, -0.1) is 0 Å². The zero-order valence-corrected chi connectivity index (χ0v) is 13.9. The second-order valence-electron chi connectivity index (χ2n) is 5.44. The Morgan fingerprint density at radius 3 is 2.58 bits per heavy atom. The van der Waals surface area contributed by atoms with E-state index in [0.29, 0.717) is 17.7 Å². The summed E-state index contributed by atoms with van der Waals surface area (Å²) < 4.78 is 10.3. The first kappa shape index (κ1) is 17.5. The highest BCUT2D eigenvalue weighted by Crippen LogP contribution is 2.25. The molecule has 0 unspecified atom stereocenters. The van der Waals surface area contributed by atoms with Gasteiger partial charge in [-0.3, -0.25) is 14.9 Å². The number of urea groups is 1. The fraction of sp³-hybridized carbons (Fsp3) is 0.353. The molecule has 0 radical (unpaired) electrons. The van der Waals surface area contributed by atoms with Crippen LogP contribution in [0.5, 0.6) is 0 Å². The van der Waals surface area contributed by atoms with Gasteiger partial charge < -0.3 is 14.5 Å². The standard InChI is InChI=1S/C17H20N2O5/c1-4-18-17(22)19-15(20)9-24-16(21)7-12-8-23-14-6-11(3)10(2)5-13(12)14/h5-6,8H,4,7,9H2,1-3H3,(H2,18,19,20,22). The highest BCUT2D eigenvalue weighted by atomic mass is 16.5. The SMILES string of the molecule is CCNC(=O)NC(=O)COC(=O)Cc1coc2cc(C)c(C)cc12. The van der Waals surface area contributed by atoms with Crippen molar-refractivity contribution in [2.75, 3.05) is 13.2 Å². The first-order valence-electron chi connectivity index (χ1n) is 7.61. The second kappa shape index (κ2) is 7.63. The monoisotopic (exact) mass is 332 g/mol. The molecule has 0 aliphatic heterocycles. The number of amides is 3. The van der Waals surface area contributed by atoms with Gasteiger partial charge in [0.05, 0.1) is 12.7 Å². The molecule has 7 heteroatoms. The minimum atomic E-state index is -0.683. The van der Waals surface area contributed by atoms with E-state index < -0.39 is 24.5 Å². The van der Waals surface area contributed by atoms with Crippen LogP contribution >= 0.6 is 0 Å². The van der Waals surface area contributed by atoms with Crippen LogP contribution in [-0.2, 0) is 20.7 Å². The van der Waals surface area contributed by atoms with Crippen molar-refractivity contribution >= 4 is 28.9 Å². The smallest absolute Gasteiger partial charge is 0.321 e. The predicted octanol–water partition coefficient (Wildman–Crippen LogP) is 1.98. The zero-order valence-electron chi connectivity index (χ0n) is 13.9. The summed E-state index contributed by atoms with van der Waals surface area (Å²) in [5.41, 5.74) is 3.60. The Morgan fingerprint density at radius 2 is 1.88 bits per heavy atom. The number of hydrogen-bond acceptors (Lipinski definition) is 5. The van der Waals surface area contributed by atoms with Gasteiger partial charge in [0.15, 0.2) is 6.61 Å². The summed E-state index contributed by atoms with van der Waals surface area (Å²) in [6.45, 7) is 5.58. The van der Waals surface area contributed by atoms with Gasteiger partial charge in [-0.05, 0) is 44.0 Å². The Morgan fingerprint density at radius 1 is 1.17 bits per heavy atom. The topological polar surface area (TPSA) is 97.6 Å². The number of furan rings is 1. The molecule has 0 spiro atoms. The van der Waals surface area contributed by atoms with E-state index in [2.05, 4.69) is 10.6 Å². The Hall–Kier alpha value is -2.83. The Labute approximate surface area is 139 Å². The highest BCUT2D eigenvalue weighted by molar-refractivity contribution is 5.95. The molecule has 0 saturated carbocycles. The number of carbonyl (C=O) groups excluding carboxylic acids is 3. The average Bonchev–Trinajstić information content (AvgIpc) is 2.88. The van der Waals surface area contributed by atoms with Crippen molar-refractivity contribution in [3.05, 3.63) is 35.1 Å². The lowest BCUT2D eigenvalue weighted by Crippen LogP contribution is -2.41. The van der Waals surface area contributed by atoms with Crippen LogP contribution < -0.4 is 10.6 Å². The van der Waals surface area contributed by atoms with Crippen molar-refractivity contribution in [3.8, 4) is 0 Å². The molecule has 0 aliphatic carbocycles. The van der Waals surface area contributed by atoms with Crippen LogP contribution in [0.1, 0.15) is 23.6 Å². The van der Waals surface area contributed by atoms with Crippen LogP contribution in [0.25, 0.3) is 11.0 Å². The van der Waals surface area contributed by atoms with E-state index in [-0.39, 0.29) is 6.42 Å². The number of rotatable bonds is 5. The average molecular weight is 332 g/mol. The number of esters is 1. The first-order valence-corrected chi connectivity index (χ1v) is 7.61. The van der Waals surface area contributed by atoms with Crippen molar-refractivity contribution < 1.29 is 23.5 Å². The molecule has 7 nitrogen and oxygen atoms in total. The molecule has 2 rings (SSSR count). The van der Waals surface area contributed by atoms with E-state index >= 15 is 0 Å². The van der Waals surface area contributed by atoms with Crippen LogP contribution in [0.2, 0.25) is 0 Å². The number of fused-ring (bicyclic) bond motifs is 1. The second-order valence-corrected chi connectivity index (χ2v) is 5.44. The van der Waals surface area contributed by atoms with Crippen LogP contribution in [-0.4, -0.2) is 31.1 Å². The molecular weight excluding hydrogens is 312 g/mol. The molecule has 24 heavy (non-hydrogen) atoms.